The zero-order valence-corrected chi connectivity index (χ0v) is 15.0. The summed E-state index contributed by atoms with van der Waals surface area (Å²) in [6.45, 7) is 4.00. The second kappa shape index (κ2) is 8.36. The van der Waals surface area contributed by atoms with Crippen molar-refractivity contribution in [2.75, 3.05) is 7.11 Å². The van der Waals surface area contributed by atoms with Gasteiger partial charge in [-0.1, -0.05) is 67.2 Å². The fourth-order valence-electron chi connectivity index (χ4n) is 2.88. The Hall–Kier alpha value is -3.34. The zero-order chi connectivity index (χ0) is 19.2. The maximum absolute atomic E-state index is 12.5. The van der Waals surface area contributed by atoms with Crippen LogP contribution in [0.25, 0.3) is 0 Å². The van der Waals surface area contributed by atoms with Crippen LogP contribution in [-0.4, -0.2) is 25.2 Å². The van der Waals surface area contributed by atoms with Crippen LogP contribution < -0.4 is 0 Å². The summed E-state index contributed by atoms with van der Waals surface area (Å²) in [5.41, 5.74) is 1.92. The van der Waals surface area contributed by atoms with Crippen LogP contribution >= 0.6 is 0 Å². The van der Waals surface area contributed by atoms with Crippen LogP contribution in [0.1, 0.15) is 17.0 Å². The predicted molar refractivity (Wildman–Crippen MR) is 99.5 cm³/mol. The maximum Gasteiger partial charge on any atom is 0.373 e. The highest BCUT2D eigenvalue weighted by Crippen LogP contribution is 2.36. The van der Waals surface area contributed by atoms with E-state index in [1.165, 1.54) is 7.11 Å². The lowest BCUT2D eigenvalue weighted by Crippen LogP contribution is -2.25. The average Bonchev–Trinajstić information content (AvgIpc) is 3.17. The van der Waals surface area contributed by atoms with Crippen LogP contribution in [0, 0.1) is 0 Å². The van der Waals surface area contributed by atoms with E-state index in [0.717, 1.165) is 11.1 Å². The molecular formula is C22H20O5. The van der Waals surface area contributed by atoms with Crippen molar-refractivity contribution in [2.24, 2.45) is 0 Å². The van der Waals surface area contributed by atoms with Gasteiger partial charge in [-0.3, -0.25) is 0 Å². The molecule has 2 aromatic carbocycles. The Kier molecular flexibility index (Phi) is 5.71. The van der Waals surface area contributed by atoms with Gasteiger partial charge in [-0.15, -0.1) is 0 Å². The number of carbonyl (C=O) groups excluding carboxylic acids is 2. The molecule has 3 rings (SSSR count). The number of carbonyl (C=O) groups is 2. The third kappa shape index (κ3) is 4.26. The number of benzene rings is 2. The maximum atomic E-state index is 12.5. The third-order valence-corrected chi connectivity index (χ3v) is 4.30. The van der Waals surface area contributed by atoms with Crippen molar-refractivity contribution < 1.29 is 23.8 Å². The fraction of sp³-hybridized carbons (Fsp3) is 0.182. The van der Waals surface area contributed by atoms with Crippen LogP contribution in [0.15, 0.2) is 84.7 Å². The minimum absolute atomic E-state index is 0.0633. The van der Waals surface area contributed by atoms with Gasteiger partial charge in [0.2, 0.25) is 5.76 Å². The van der Waals surface area contributed by atoms with Gasteiger partial charge in [0.05, 0.1) is 12.7 Å². The fourth-order valence-corrected chi connectivity index (χ4v) is 2.88. The molecule has 1 heterocycles. The smallest absolute Gasteiger partial charge is 0.373 e. The summed E-state index contributed by atoms with van der Waals surface area (Å²) >= 11 is 0. The number of ether oxygens (including phenoxy) is 3. The van der Waals surface area contributed by atoms with E-state index in [4.69, 9.17) is 14.2 Å². The van der Waals surface area contributed by atoms with E-state index in [9.17, 15) is 9.59 Å². The number of methoxy groups -OCH3 is 1. The van der Waals surface area contributed by atoms with Crippen molar-refractivity contribution in [3.63, 3.8) is 0 Å². The molecule has 5 heteroatoms. The molecule has 1 aliphatic heterocycles. The molecule has 0 saturated heterocycles. The van der Waals surface area contributed by atoms with E-state index in [1.807, 2.05) is 60.7 Å². The van der Waals surface area contributed by atoms with E-state index < -0.39 is 18.0 Å². The lowest BCUT2D eigenvalue weighted by molar-refractivity contribution is -0.144. The van der Waals surface area contributed by atoms with Crippen LogP contribution in [0.2, 0.25) is 0 Å². The molecule has 0 bridgehead atoms. The van der Waals surface area contributed by atoms with E-state index >= 15 is 0 Å². The van der Waals surface area contributed by atoms with Gasteiger partial charge in [0.15, 0.2) is 0 Å². The van der Waals surface area contributed by atoms with Crippen molar-refractivity contribution in [1.82, 2.24) is 0 Å². The van der Waals surface area contributed by atoms with Crippen LogP contribution in [0.3, 0.4) is 0 Å². The molecule has 0 N–H and O–H groups in total. The van der Waals surface area contributed by atoms with Gasteiger partial charge in [-0.2, -0.15) is 0 Å². The third-order valence-electron chi connectivity index (χ3n) is 4.30. The van der Waals surface area contributed by atoms with Gasteiger partial charge >= 0.3 is 11.9 Å². The highest BCUT2D eigenvalue weighted by molar-refractivity contribution is 5.91. The first-order valence-corrected chi connectivity index (χ1v) is 8.51. The molecule has 0 unspecified atom stereocenters. The quantitative estimate of drug-likeness (QED) is 0.580. The molecule has 2 aromatic rings. The van der Waals surface area contributed by atoms with Crippen molar-refractivity contribution in [3.05, 3.63) is 95.8 Å². The molecule has 2 atom stereocenters. The lowest BCUT2D eigenvalue weighted by Gasteiger charge is -2.21. The Bertz CT molecular complexity index is 855. The molecule has 27 heavy (non-hydrogen) atoms. The highest BCUT2D eigenvalue weighted by atomic mass is 16.6. The number of esters is 2. The van der Waals surface area contributed by atoms with Crippen molar-refractivity contribution >= 4 is 11.9 Å². The van der Waals surface area contributed by atoms with Crippen LogP contribution in [0.4, 0.5) is 0 Å². The van der Waals surface area contributed by atoms with Gasteiger partial charge < -0.3 is 14.2 Å². The van der Waals surface area contributed by atoms with Crippen molar-refractivity contribution in [3.8, 4) is 0 Å². The molecule has 5 nitrogen and oxygen atoms in total. The summed E-state index contributed by atoms with van der Waals surface area (Å²) in [5.74, 6) is -1.43. The molecule has 0 fully saturated rings. The summed E-state index contributed by atoms with van der Waals surface area (Å²) in [5, 5.41) is 0. The molecule has 0 radical (unpaired) electrons. The Labute approximate surface area is 157 Å². The standard InChI is InChI=1S/C22H20O5/c1-15(21(23)26-14-16-9-5-3-6-10-16)20-18(17-11-7-4-8-12-17)13-19(27-20)22(24)25-2/h3-13,18,20H,1,14H2,2H3/t18-,20-/m1/s1. The van der Waals surface area contributed by atoms with E-state index in [1.54, 1.807) is 6.08 Å². The molecule has 0 aromatic heterocycles. The second-order valence-electron chi connectivity index (χ2n) is 6.08. The zero-order valence-electron chi connectivity index (χ0n) is 15.0. The number of hydrogen-bond acceptors (Lipinski definition) is 5. The van der Waals surface area contributed by atoms with Gasteiger partial charge in [-0.05, 0) is 17.2 Å². The molecule has 0 spiro atoms. The summed E-state index contributed by atoms with van der Waals surface area (Å²) < 4.78 is 15.8. The number of rotatable bonds is 6. The van der Waals surface area contributed by atoms with Crippen molar-refractivity contribution in [2.45, 2.75) is 18.6 Å². The first-order valence-electron chi connectivity index (χ1n) is 8.51. The predicted octanol–water partition coefficient (Wildman–Crippen LogP) is 3.53. The average molecular weight is 364 g/mol. The molecule has 138 valence electrons. The Morgan fingerprint density at radius 1 is 1.04 bits per heavy atom. The lowest BCUT2D eigenvalue weighted by atomic mass is 9.90. The first kappa shape index (κ1) is 18.5. The number of hydrogen-bond donors (Lipinski definition) is 0. The summed E-state index contributed by atoms with van der Waals surface area (Å²) in [6, 6.07) is 18.8. The van der Waals surface area contributed by atoms with Gasteiger partial charge in [-0.25, -0.2) is 9.59 Å². The Morgan fingerprint density at radius 3 is 2.30 bits per heavy atom. The van der Waals surface area contributed by atoms with Gasteiger partial charge in [0, 0.05) is 5.92 Å². The highest BCUT2D eigenvalue weighted by Gasteiger charge is 2.38. The topological polar surface area (TPSA) is 61.8 Å². The van der Waals surface area contributed by atoms with Crippen LogP contribution in [-0.2, 0) is 30.4 Å². The summed E-state index contributed by atoms with van der Waals surface area (Å²) in [4.78, 5) is 24.4. The van der Waals surface area contributed by atoms with Crippen molar-refractivity contribution in [1.29, 1.82) is 0 Å². The molecule has 0 saturated carbocycles. The largest absolute Gasteiger partial charge is 0.477 e. The van der Waals surface area contributed by atoms with Gasteiger partial charge in [0.1, 0.15) is 12.7 Å². The normalized spacial score (nSPS) is 18.2. The van der Waals surface area contributed by atoms with E-state index in [2.05, 4.69) is 6.58 Å². The van der Waals surface area contributed by atoms with E-state index in [-0.39, 0.29) is 23.9 Å². The second-order valence-corrected chi connectivity index (χ2v) is 6.08. The Morgan fingerprint density at radius 2 is 1.67 bits per heavy atom. The minimum Gasteiger partial charge on any atom is -0.477 e. The monoisotopic (exact) mass is 364 g/mol. The van der Waals surface area contributed by atoms with Gasteiger partial charge in [0.25, 0.3) is 0 Å². The van der Waals surface area contributed by atoms with Crippen LogP contribution in [0.5, 0.6) is 0 Å². The van der Waals surface area contributed by atoms with E-state index in [0.29, 0.717) is 0 Å². The molecule has 0 aliphatic carbocycles. The Balaban J connectivity index is 1.75. The molecule has 1 aliphatic rings. The molecular weight excluding hydrogens is 344 g/mol. The molecule has 0 amide bonds. The SMILES string of the molecule is C=C(C(=O)OCc1ccccc1)[C@H]1OC(C(=O)OC)=C[C@@H]1c1ccccc1. The first-order chi connectivity index (χ1) is 13.1. The summed E-state index contributed by atoms with van der Waals surface area (Å²) in [7, 11) is 1.28. The minimum atomic E-state index is -0.732. The summed E-state index contributed by atoms with van der Waals surface area (Å²) in [6.07, 6.45) is 0.923.